The highest BCUT2D eigenvalue weighted by atomic mass is 19.1. The molecule has 1 aliphatic heterocycles. The van der Waals surface area contributed by atoms with Crippen molar-refractivity contribution in [3.05, 3.63) is 35.6 Å². The SMILES string of the molecule is CCC[C@@H](NC(N)=O)C(=O)N1CC[C@H](c2ccc(F)cc2)C1. The van der Waals surface area contributed by atoms with Crippen LogP contribution in [0.1, 0.15) is 37.7 Å². The highest BCUT2D eigenvalue weighted by Gasteiger charge is 2.31. The molecule has 1 saturated heterocycles. The molecule has 2 rings (SSSR count). The summed E-state index contributed by atoms with van der Waals surface area (Å²) in [5, 5.41) is 2.52. The largest absolute Gasteiger partial charge is 0.352 e. The van der Waals surface area contributed by atoms with Crippen molar-refractivity contribution in [3.8, 4) is 0 Å². The lowest BCUT2D eigenvalue weighted by Crippen LogP contribution is -2.49. The van der Waals surface area contributed by atoms with Crippen molar-refractivity contribution in [2.45, 2.75) is 38.1 Å². The van der Waals surface area contributed by atoms with Gasteiger partial charge in [0.25, 0.3) is 0 Å². The Labute approximate surface area is 129 Å². The number of nitrogens with zero attached hydrogens (tertiary/aromatic N) is 1. The van der Waals surface area contributed by atoms with Gasteiger partial charge in [0.15, 0.2) is 0 Å². The van der Waals surface area contributed by atoms with Gasteiger partial charge in [-0.25, -0.2) is 9.18 Å². The minimum Gasteiger partial charge on any atom is -0.352 e. The van der Waals surface area contributed by atoms with E-state index >= 15 is 0 Å². The van der Waals surface area contributed by atoms with Gasteiger partial charge in [-0.1, -0.05) is 25.5 Å². The van der Waals surface area contributed by atoms with Crippen molar-refractivity contribution in [1.82, 2.24) is 10.2 Å². The molecule has 0 aliphatic carbocycles. The summed E-state index contributed by atoms with van der Waals surface area (Å²) >= 11 is 0. The fourth-order valence-corrected chi connectivity index (χ4v) is 2.91. The molecule has 22 heavy (non-hydrogen) atoms. The number of benzene rings is 1. The number of nitrogens with one attached hydrogen (secondary N) is 1. The molecule has 2 atom stereocenters. The maximum Gasteiger partial charge on any atom is 0.312 e. The fraction of sp³-hybridized carbons (Fsp3) is 0.500. The van der Waals surface area contributed by atoms with Crippen LogP contribution in [0.2, 0.25) is 0 Å². The van der Waals surface area contributed by atoms with Gasteiger partial charge in [0.1, 0.15) is 11.9 Å². The summed E-state index contributed by atoms with van der Waals surface area (Å²) < 4.78 is 13.0. The number of hydrogen-bond donors (Lipinski definition) is 2. The molecule has 0 radical (unpaired) electrons. The van der Waals surface area contributed by atoms with E-state index < -0.39 is 12.1 Å². The average molecular weight is 307 g/mol. The first kappa shape index (κ1) is 16.3. The van der Waals surface area contributed by atoms with Crippen LogP contribution in [0.15, 0.2) is 24.3 Å². The van der Waals surface area contributed by atoms with Gasteiger partial charge >= 0.3 is 6.03 Å². The number of amides is 3. The van der Waals surface area contributed by atoms with Gasteiger partial charge < -0.3 is 16.0 Å². The molecule has 1 fully saturated rings. The molecule has 0 bridgehead atoms. The number of urea groups is 1. The van der Waals surface area contributed by atoms with Crippen LogP contribution in [0, 0.1) is 5.82 Å². The highest BCUT2D eigenvalue weighted by Crippen LogP contribution is 2.27. The summed E-state index contributed by atoms with van der Waals surface area (Å²) in [6, 6.07) is 5.16. The van der Waals surface area contributed by atoms with E-state index in [-0.39, 0.29) is 17.6 Å². The Hall–Kier alpha value is -2.11. The Morgan fingerprint density at radius 3 is 2.68 bits per heavy atom. The molecule has 120 valence electrons. The van der Waals surface area contributed by atoms with Crippen molar-refractivity contribution in [2.75, 3.05) is 13.1 Å². The quantitative estimate of drug-likeness (QED) is 0.872. The van der Waals surface area contributed by atoms with Gasteiger partial charge in [0, 0.05) is 19.0 Å². The summed E-state index contributed by atoms with van der Waals surface area (Å²) in [7, 11) is 0. The van der Waals surface area contributed by atoms with Gasteiger partial charge in [-0.05, 0) is 30.5 Å². The Balaban J connectivity index is 2.00. The molecular weight excluding hydrogens is 285 g/mol. The molecule has 5 nitrogen and oxygen atoms in total. The van der Waals surface area contributed by atoms with E-state index in [1.165, 1.54) is 12.1 Å². The second-order valence-electron chi connectivity index (χ2n) is 5.67. The Morgan fingerprint density at radius 1 is 1.41 bits per heavy atom. The molecule has 1 heterocycles. The predicted octanol–water partition coefficient (Wildman–Crippen LogP) is 1.98. The Bertz CT molecular complexity index is 533. The molecule has 3 amide bonds. The third-order valence-corrected chi connectivity index (χ3v) is 4.03. The first-order valence-corrected chi connectivity index (χ1v) is 7.61. The Kier molecular flexibility index (Phi) is 5.35. The van der Waals surface area contributed by atoms with E-state index in [2.05, 4.69) is 5.32 Å². The Morgan fingerprint density at radius 2 is 2.09 bits per heavy atom. The van der Waals surface area contributed by atoms with Gasteiger partial charge in [-0.3, -0.25) is 4.79 Å². The van der Waals surface area contributed by atoms with Gasteiger partial charge in [0.05, 0.1) is 0 Å². The minimum atomic E-state index is -0.680. The maximum absolute atomic E-state index is 13.0. The van der Waals surface area contributed by atoms with Crippen LogP contribution in [-0.2, 0) is 4.79 Å². The maximum atomic E-state index is 13.0. The molecule has 3 N–H and O–H groups in total. The van der Waals surface area contributed by atoms with E-state index in [0.29, 0.717) is 19.5 Å². The van der Waals surface area contributed by atoms with Gasteiger partial charge in [0.2, 0.25) is 5.91 Å². The molecule has 0 spiro atoms. The molecule has 1 aliphatic rings. The van der Waals surface area contributed by atoms with Crippen molar-refractivity contribution in [3.63, 3.8) is 0 Å². The zero-order valence-corrected chi connectivity index (χ0v) is 12.7. The normalized spacial score (nSPS) is 19.0. The van der Waals surface area contributed by atoms with Crippen molar-refractivity contribution >= 4 is 11.9 Å². The van der Waals surface area contributed by atoms with E-state index in [4.69, 9.17) is 5.73 Å². The smallest absolute Gasteiger partial charge is 0.312 e. The van der Waals surface area contributed by atoms with Crippen molar-refractivity contribution in [2.24, 2.45) is 5.73 Å². The minimum absolute atomic E-state index is 0.0924. The second-order valence-corrected chi connectivity index (χ2v) is 5.67. The number of carbonyl (C=O) groups excluding carboxylic acids is 2. The molecule has 0 aromatic heterocycles. The first-order valence-electron chi connectivity index (χ1n) is 7.61. The lowest BCUT2D eigenvalue weighted by Gasteiger charge is -2.23. The molecular formula is C16H22FN3O2. The summed E-state index contributed by atoms with van der Waals surface area (Å²) in [4.78, 5) is 25.3. The molecule has 0 saturated carbocycles. The van der Waals surface area contributed by atoms with Gasteiger partial charge in [-0.2, -0.15) is 0 Å². The third-order valence-electron chi connectivity index (χ3n) is 4.03. The average Bonchev–Trinajstić information content (AvgIpc) is 2.96. The predicted molar refractivity (Wildman–Crippen MR) is 81.8 cm³/mol. The van der Waals surface area contributed by atoms with E-state index in [0.717, 1.165) is 18.4 Å². The van der Waals surface area contributed by atoms with Gasteiger partial charge in [-0.15, -0.1) is 0 Å². The van der Waals surface area contributed by atoms with Crippen LogP contribution in [-0.4, -0.2) is 36.0 Å². The van der Waals surface area contributed by atoms with Crippen LogP contribution < -0.4 is 11.1 Å². The van der Waals surface area contributed by atoms with E-state index in [1.54, 1.807) is 17.0 Å². The van der Waals surface area contributed by atoms with Crippen LogP contribution in [0.5, 0.6) is 0 Å². The van der Waals surface area contributed by atoms with E-state index in [9.17, 15) is 14.0 Å². The number of rotatable bonds is 5. The van der Waals surface area contributed by atoms with Crippen LogP contribution >= 0.6 is 0 Å². The molecule has 1 aromatic rings. The number of halogens is 1. The second kappa shape index (κ2) is 7.24. The number of nitrogens with two attached hydrogens (primary N) is 1. The zero-order valence-electron chi connectivity index (χ0n) is 12.7. The van der Waals surface area contributed by atoms with Crippen LogP contribution in [0.4, 0.5) is 9.18 Å². The van der Waals surface area contributed by atoms with Crippen LogP contribution in [0.3, 0.4) is 0 Å². The summed E-state index contributed by atoms with van der Waals surface area (Å²) in [5.74, 6) is -0.144. The molecule has 1 aromatic carbocycles. The number of primary amides is 1. The van der Waals surface area contributed by atoms with E-state index in [1.807, 2.05) is 6.92 Å². The van der Waals surface area contributed by atoms with Crippen LogP contribution in [0.25, 0.3) is 0 Å². The monoisotopic (exact) mass is 307 g/mol. The highest BCUT2D eigenvalue weighted by molar-refractivity contribution is 5.86. The standard InChI is InChI=1S/C16H22FN3O2/c1-2-3-14(19-16(18)22)15(21)20-9-8-12(10-20)11-4-6-13(17)7-5-11/h4-7,12,14H,2-3,8-10H2,1H3,(H3,18,19,22)/t12-,14+/m0/s1. The first-order chi connectivity index (χ1) is 10.5. The lowest BCUT2D eigenvalue weighted by atomic mass is 9.98. The molecule has 0 unspecified atom stereocenters. The zero-order chi connectivity index (χ0) is 16.1. The fourth-order valence-electron chi connectivity index (χ4n) is 2.91. The van der Waals surface area contributed by atoms with Crippen molar-refractivity contribution < 1.29 is 14.0 Å². The number of hydrogen-bond acceptors (Lipinski definition) is 2. The summed E-state index contributed by atoms with van der Waals surface area (Å²) in [5.41, 5.74) is 6.17. The number of likely N-dealkylation sites (tertiary alicyclic amines) is 1. The van der Waals surface area contributed by atoms with Crippen molar-refractivity contribution in [1.29, 1.82) is 0 Å². The lowest BCUT2D eigenvalue weighted by molar-refractivity contribution is -0.132. The third kappa shape index (κ3) is 3.96. The summed E-state index contributed by atoms with van der Waals surface area (Å²) in [6.45, 7) is 3.18. The summed E-state index contributed by atoms with van der Waals surface area (Å²) in [6.07, 6.45) is 2.19. The molecule has 6 heteroatoms. The topological polar surface area (TPSA) is 75.4 Å². The number of carbonyl (C=O) groups is 2.